The summed E-state index contributed by atoms with van der Waals surface area (Å²) < 4.78 is 119. The summed E-state index contributed by atoms with van der Waals surface area (Å²) in [6.07, 6.45) is -5.66. The Hall–Kier alpha value is -4.20. The number of carboxylic acid groups (broad SMARTS) is 1. The molecule has 1 N–H and O–H groups in total. The Labute approximate surface area is 242 Å². The number of alkyl halides is 5. The first-order valence-corrected chi connectivity index (χ1v) is 14.2. The molecule has 14 heteroatoms. The number of halogens is 6. The topological polar surface area (TPSA) is 93.1 Å². The first kappa shape index (κ1) is 30.3. The van der Waals surface area contributed by atoms with E-state index in [0.29, 0.717) is 11.6 Å². The molecule has 43 heavy (non-hydrogen) atoms. The quantitative estimate of drug-likeness (QED) is 0.216. The molecule has 2 aliphatic rings. The summed E-state index contributed by atoms with van der Waals surface area (Å²) in [4.78, 5) is 11.4. The van der Waals surface area contributed by atoms with Gasteiger partial charge in [-0.2, -0.15) is 22.0 Å². The van der Waals surface area contributed by atoms with E-state index in [1.807, 2.05) is 0 Å². The second-order valence-electron chi connectivity index (χ2n) is 10.4. The van der Waals surface area contributed by atoms with Gasteiger partial charge in [0, 0.05) is 12.5 Å². The van der Waals surface area contributed by atoms with Crippen LogP contribution in [0.1, 0.15) is 24.8 Å². The number of aliphatic carboxylic acids is 1. The van der Waals surface area contributed by atoms with E-state index in [1.165, 1.54) is 18.2 Å². The minimum Gasteiger partial charge on any atom is -0.486 e. The van der Waals surface area contributed by atoms with Gasteiger partial charge in [-0.1, -0.05) is 24.3 Å². The van der Waals surface area contributed by atoms with Crippen molar-refractivity contribution in [1.29, 1.82) is 0 Å². The highest BCUT2D eigenvalue weighted by atomic mass is 32.2. The van der Waals surface area contributed by atoms with Crippen molar-refractivity contribution >= 4 is 21.7 Å². The van der Waals surface area contributed by atoms with Crippen molar-refractivity contribution in [3.8, 4) is 22.6 Å². The fraction of sp³-hybridized carbons (Fsp3) is 0.276. The summed E-state index contributed by atoms with van der Waals surface area (Å²) in [5.74, 6) is -2.57. The lowest BCUT2D eigenvalue weighted by Gasteiger charge is -2.44. The molecule has 3 aromatic rings. The molecular formula is C29H23F6NO6S. The van der Waals surface area contributed by atoms with Gasteiger partial charge in [0.2, 0.25) is 0 Å². The van der Waals surface area contributed by atoms with Gasteiger partial charge in [-0.3, -0.25) is 9.10 Å². The molecule has 1 aliphatic carbocycles. The van der Waals surface area contributed by atoms with Crippen LogP contribution in [0.15, 0.2) is 77.7 Å². The minimum atomic E-state index is -4.83. The highest BCUT2D eigenvalue weighted by molar-refractivity contribution is 7.92. The number of carbonyl (C=O) groups is 1. The first-order chi connectivity index (χ1) is 20.1. The number of carboxylic acids is 1. The Morgan fingerprint density at radius 1 is 1.09 bits per heavy atom. The van der Waals surface area contributed by atoms with Crippen LogP contribution >= 0.6 is 0 Å². The molecule has 1 fully saturated rings. The summed E-state index contributed by atoms with van der Waals surface area (Å²) in [5.41, 5.74) is -1.70. The fourth-order valence-electron chi connectivity index (χ4n) is 5.41. The van der Waals surface area contributed by atoms with Crippen molar-refractivity contribution in [1.82, 2.24) is 0 Å². The van der Waals surface area contributed by atoms with Gasteiger partial charge in [-0.25, -0.2) is 12.8 Å². The zero-order valence-corrected chi connectivity index (χ0v) is 22.9. The molecule has 1 aliphatic heterocycles. The van der Waals surface area contributed by atoms with Crippen molar-refractivity contribution in [2.24, 2.45) is 5.41 Å². The van der Waals surface area contributed by atoms with E-state index in [1.54, 1.807) is 0 Å². The molecule has 1 heterocycles. The Kier molecular flexibility index (Phi) is 7.61. The second kappa shape index (κ2) is 10.8. The predicted octanol–water partition coefficient (Wildman–Crippen LogP) is 6.88. The smallest absolute Gasteiger partial charge is 0.416 e. The lowest BCUT2D eigenvalue weighted by Crippen LogP contribution is -2.49. The molecule has 0 bridgehead atoms. The summed E-state index contributed by atoms with van der Waals surface area (Å²) >= 11 is 0. The van der Waals surface area contributed by atoms with Gasteiger partial charge in [0.1, 0.15) is 23.4 Å². The first-order valence-electron chi connectivity index (χ1n) is 12.7. The largest absolute Gasteiger partial charge is 0.486 e. The average molecular weight is 628 g/mol. The predicted molar refractivity (Wildman–Crippen MR) is 142 cm³/mol. The number of sulfonamides is 1. The van der Waals surface area contributed by atoms with Crippen LogP contribution in [0.3, 0.4) is 0 Å². The van der Waals surface area contributed by atoms with E-state index in [0.717, 1.165) is 40.7 Å². The normalized spacial score (nSPS) is 18.1. The van der Waals surface area contributed by atoms with Gasteiger partial charge in [0.05, 0.1) is 28.1 Å². The zero-order chi connectivity index (χ0) is 31.3. The Bertz CT molecular complexity index is 1700. The maximum absolute atomic E-state index is 14.3. The molecule has 228 valence electrons. The Balaban J connectivity index is 1.60. The highest BCUT2D eigenvalue weighted by Crippen LogP contribution is 2.50. The number of rotatable bonds is 8. The molecule has 0 spiro atoms. The summed E-state index contributed by atoms with van der Waals surface area (Å²) in [5, 5.41) is 9.88. The Morgan fingerprint density at radius 3 is 2.44 bits per heavy atom. The van der Waals surface area contributed by atoms with Gasteiger partial charge in [0.25, 0.3) is 10.0 Å². The molecule has 5 rings (SSSR count). The van der Waals surface area contributed by atoms with E-state index in [9.17, 15) is 44.7 Å². The van der Waals surface area contributed by atoms with Gasteiger partial charge in [-0.05, 0) is 66.4 Å². The molecule has 1 atom stereocenters. The number of hydrogen-bond donors (Lipinski definition) is 1. The van der Waals surface area contributed by atoms with Crippen LogP contribution < -0.4 is 13.8 Å². The molecule has 0 saturated heterocycles. The number of nitrogens with zero attached hydrogens (tertiary/aromatic N) is 1. The fourth-order valence-corrected chi connectivity index (χ4v) is 6.95. The van der Waals surface area contributed by atoms with Crippen LogP contribution in [0.4, 0.5) is 32.0 Å². The second-order valence-corrected chi connectivity index (χ2v) is 12.3. The maximum atomic E-state index is 14.3. The number of benzene rings is 3. The molecule has 1 saturated carbocycles. The summed E-state index contributed by atoms with van der Waals surface area (Å²) in [6.45, 7) is 0.0797. The van der Waals surface area contributed by atoms with Crippen LogP contribution in [-0.4, -0.2) is 38.8 Å². The summed E-state index contributed by atoms with van der Waals surface area (Å²) in [7, 11) is -4.71. The standard InChI is InChI=1S/C29H23F6NO6S/c1-16-12-28(13-16,26(37)38)14-22-15-36(43(39,40)23-4-2-3-19(10-23)29(33,34)35)24-9-17(5-6-25(24)41-22)18-7-20(30)11-21(8-18)42-27(31)32/h2-11,22,27H,1,12-15H2,(H,37,38). The molecule has 0 amide bonds. The number of fused-ring (bicyclic) bond motifs is 1. The van der Waals surface area contributed by atoms with Crippen LogP contribution in [0.5, 0.6) is 11.5 Å². The maximum Gasteiger partial charge on any atom is 0.416 e. The lowest BCUT2D eigenvalue weighted by molar-refractivity contribution is -0.153. The molecule has 1 unspecified atom stereocenters. The van der Waals surface area contributed by atoms with Gasteiger partial charge >= 0.3 is 18.8 Å². The van der Waals surface area contributed by atoms with E-state index in [-0.39, 0.29) is 41.8 Å². The van der Waals surface area contributed by atoms with Crippen LogP contribution in [0.2, 0.25) is 0 Å². The monoisotopic (exact) mass is 627 g/mol. The number of hydrogen-bond acceptors (Lipinski definition) is 5. The third-order valence-corrected chi connectivity index (χ3v) is 9.09. The zero-order valence-electron chi connectivity index (χ0n) is 22.1. The highest BCUT2D eigenvalue weighted by Gasteiger charge is 2.50. The third kappa shape index (κ3) is 6.01. The van der Waals surface area contributed by atoms with Crippen molar-refractivity contribution in [3.05, 3.63) is 84.2 Å². The van der Waals surface area contributed by atoms with Crippen molar-refractivity contribution in [3.63, 3.8) is 0 Å². The Morgan fingerprint density at radius 2 is 1.81 bits per heavy atom. The minimum absolute atomic E-state index is 0.0327. The van der Waals surface area contributed by atoms with Crippen LogP contribution in [-0.2, 0) is 21.0 Å². The van der Waals surface area contributed by atoms with Crippen molar-refractivity contribution < 1.29 is 54.1 Å². The molecule has 0 radical (unpaired) electrons. The lowest BCUT2D eigenvalue weighted by atomic mass is 9.63. The van der Waals surface area contributed by atoms with Gasteiger partial charge in [-0.15, -0.1) is 0 Å². The molecule has 7 nitrogen and oxygen atoms in total. The molecular weight excluding hydrogens is 604 g/mol. The number of ether oxygens (including phenoxy) is 2. The van der Waals surface area contributed by atoms with Crippen molar-refractivity contribution in [2.45, 2.75) is 43.0 Å². The number of allylic oxidation sites excluding steroid dienone is 1. The summed E-state index contributed by atoms with van der Waals surface area (Å²) in [6, 6.07) is 9.97. The van der Waals surface area contributed by atoms with E-state index in [2.05, 4.69) is 11.3 Å². The van der Waals surface area contributed by atoms with E-state index >= 15 is 0 Å². The van der Waals surface area contributed by atoms with E-state index < -0.39 is 68.9 Å². The number of anilines is 1. The SMILES string of the molecule is C=C1CC(CC2CN(S(=O)(=O)c3cccc(C(F)(F)F)c3)c3cc(-c4cc(F)cc(OC(F)F)c4)ccc3O2)(C(=O)O)C1. The van der Waals surface area contributed by atoms with Gasteiger partial charge in [0.15, 0.2) is 0 Å². The van der Waals surface area contributed by atoms with Crippen LogP contribution in [0, 0.1) is 11.2 Å². The molecule has 3 aromatic carbocycles. The average Bonchev–Trinajstić information content (AvgIpc) is 2.90. The molecule has 0 aromatic heterocycles. The van der Waals surface area contributed by atoms with E-state index in [4.69, 9.17) is 4.74 Å². The van der Waals surface area contributed by atoms with Gasteiger partial charge < -0.3 is 14.6 Å². The third-order valence-electron chi connectivity index (χ3n) is 7.32. The van der Waals surface area contributed by atoms with Crippen LogP contribution in [0.25, 0.3) is 11.1 Å². The van der Waals surface area contributed by atoms with Crippen molar-refractivity contribution in [2.75, 3.05) is 10.8 Å².